The molecule has 0 unspecified atom stereocenters. The van der Waals surface area contributed by atoms with Gasteiger partial charge in [-0.05, 0) is 12.1 Å². The number of imidazole rings is 1. The molecule has 4 rings (SSSR count). The molecule has 0 N–H and O–H groups in total. The number of hydrogen-bond acceptors (Lipinski definition) is 5. The molecule has 0 fully saturated rings. The molecular weight excluding hydrogens is 352 g/mol. The molecule has 6 nitrogen and oxygen atoms in total. The number of nitrogens with zero attached hydrogens (tertiary/aromatic N) is 5. The fourth-order valence-corrected chi connectivity index (χ4v) is 2.56. The Kier molecular flexibility index (Phi) is 4.23. The van der Waals surface area contributed by atoms with Crippen molar-refractivity contribution >= 4 is 5.78 Å². The van der Waals surface area contributed by atoms with E-state index in [9.17, 15) is 8.78 Å². The minimum Gasteiger partial charge on any atom is -0.471 e. The Morgan fingerprint density at radius 2 is 1.85 bits per heavy atom. The van der Waals surface area contributed by atoms with Crippen LogP contribution in [0.15, 0.2) is 61.3 Å². The number of hydrogen-bond donors (Lipinski definition) is 0. The lowest BCUT2D eigenvalue weighted by molar-refractivity contribution is 0.0128. The van der Waals surface area contributed by atoms with Gasteiger partial charge in [-0.3, -0.25) is 9.38 Å². The molecule has 0 spiro atoms. The van der Waals surface area contributed by atoms with Gasteiger partial charge < -0.3 is 4.74 Å². The molecule has 0 aromatic carbocycles. The fraction of sp³-hybridized carbons (Fsp3) is 0.158. The van der Waals surface area contributed by atoms with Crippen molar-refractivity contribution in [1.29, 1.82) is 0 Å². The summed E-state index contributed by atoms with van der Waals surface area (Å²) in [5, 5.41) is 0. The van der Waals surface area contributed by atoms with Crippen LogP contribution in [-0.4, -0.2) is 24.3 Å². The Labute approximate surface area is 153 Å². The summed E-state index contributed by atoms with van der Waals surface area (Å²) in [6, 6.07) is 8.34. The van der Waals surface area contributed by atoms with E-state index >= 15 is 0 Å². The van der Waals surface area contributed by atoms with Crippen LogP contribution in [0.2, 0.25) is 0 Å². The van der Waals surface area contributed by atoms with Crippen LogP contribution in [0.5, 0.6) is 5.88 Å². The zero-order chi connectivity index (χ0) is 18.9. The van der Waals surface area contributed by atoms with Gasteiger partial charge in [0.15, 0.2) is 0 Å². The van der Waals surface area contributed by atoms with Gasteiger partial charge in [0.25, 0.3) is 5.92 Å². The first kappa shape index (κ1) is 17.0. The van der Waals surface area contributed by atoms with E-state index in [1.165, 1.54) is 12.3 Å². The van der Waals surface area contributed by atoms with Crippen LogP contribution in [0.4, 0.5) is 8.78 Å². The first-order chi connectivity index (χ1) is 13.0. The summed E-state index contributed by atoms with van der Waals surface area (Å²) < 4.78 is 33.9. The molecule has 0 aliphatic rings. The highest BCUT2D eigenvalue weighted by molar-refractivity contribution is 5.61. The third-order valence-electron chi connectivity index (χ3n) is 3.91. The van der Waals surface area contributed by atoms with Crippen LogP contribution in [-0.2, 0) is 12.5 Å². The van der Waals surface area contributed by atoms with Crippen LogP contribution in [0.25, 0.3) is 16.9 Å². The van der Waals surface area contributed by atoms with Gasteiger partial charge in [-0.1, -0.05) is 12.1 Å². The van der Waals surface area contributed by atoms with Crippen LogP contribution in [0.1, 0.15) is 18.3 Å². The summed E-state index contributed by atoms with van der Waals surface area (Å²) in [6.45, 7) is 1.08. The SMILES string of the molecule is CC(F)(F)c1ccc(-c2cnc3nc(COc4ccccn4)cn3c2)cn1. The Bertz CT molecular complexity index is 1060. The zero-order valence-electron chi connectivity index (χ0n) is 14.4. The lowest BCUT2D eigenvalue weighted by Crippen LogP contribution is -2.09. The number of pyridine rings is 2. The van der Waals surface area contributed by atoms with Crippen LogP contribution < -0.4 is 4.74 Å². The number of halogens is 2. The minimum atomic E-state index is -2.96. The lowest BCUT2D eigenvalue weighted by atomic mass is 10.1. The fourth-order valence-electron chi connectivity index (χ4n) is 2.56. The van der Waals surface area contributed by atoms with Crippen molar-refractivity contribution in [2.45, 2.75) is 19.5 Å². The average Bonchev–Trinajstić information content (AvgIpc) is 3.09. The molecule has 0 atom stereocenters. The Hall–Kier alpha value is -3.42. The largest absolute Gasteiger partial charge is 0.471 e. The van der Waals surface area contributed by atoms with E-state index in [2.05, 4.69) is 19.9 Å². The Morgan fingerprint density at radius 3 is 2.56 bits per heavy atom. The van der Waals surface area contributed by atoms with Crippen molar-refractivity contribution in [1.82, 2.24) is 24.3 Å². The van der Waals surface area contributed by atoms with Crippen molar-refractivity contribution in [2.24, 2.45) is 0 Å². The van der Waals surface area contributed by atoms with Crippen molar-refractivity contribution in [3.05, 3.63) is 72.7 Å². The number of rotatable bonds is 5. The number of alkyl halides is 2. The quantitative estimate of drug-likeness (QED) is 0.536. The summed E-state index contributed by atoms with van der Waals surface area (Å²) in [5.41, 5.74) is 1.87. The molecular formula is C19H15F2N5O. The van der Waals surface area contributed by atoms with Gasteiger partial charge >= 0.3 is 0 Å². The summed E-state index contributed by atoms with van der Waals surface area (Å²) >= 11 is 0. The molecule has 0 amide bonds. The molecule has 4 aromatic heterocycles. The van der Waals surface area contributed by atoms with Gasteiger partial charge in [0.2, 0.25) is 11.7 Å². The highest BCUT2D eigenvalue weighted by Crippen LogP contribution is 2.27. The van der Waals surface area contributed by atoms with E-state index in [1.807, 2.05) is 18.3 Å². The average molecular weight is 367 g/mol. The van der Waals surface area contributed by atoms with E-state index in [1.54, 1.807) is 35.1 Å². The zero-order valence-corrected chi connectivity index (χ0v) is 14.4. The van der Waals surface area contributed by atoms with E-state index in [0.717, 1.165) is 12.5 Å². The molecule has 4 aromatic rings. The summed E-state index contributed by atoms with van der Waals surface area (Å²) in [4.78, 5) is 16.6. The van der Waals surface area contributed by atoms with Crippen LogP contribution in [0, 0.1) is 0 Å². The summed E-state index contributed by atoms with van der Waals surface area (Å²) in [5.74, 6) is -1.93. The topological polar surface area (TPSA) is 65.2 Å². The Morgan fingerprint density at radius 1 is 1.00 bits per heavy atom. The first-order valence-electron chi connectivity index (χ1n) is 8.21. The van der Waals surface area contributed by atoms with Crippen molar-refractivity contribution in [3.8, 4) is 17.0 Å². The predicted octanol–water partition coefficient (Wildman–Crippen LogP) is 3.88. The second-order valence-corrected chi connectivity index (χ2v) is 6.06. The van der Waals surface area contributed by atoms with E-state index in [4.69, 9.17) is 4.74 Å². The molecule has 0 bridgehead atoms. The molecule has 0 radical (unpaired) electrons. The maximum Gasteiger partial charge on any atom is 0.286 e. The highest BCUT2D eigenvalue weighted by Gasteiger charge is 2.25. The molecule has 0 saturated heterocycles. The van der Waals surface area contributed by atoms with Gasteiger partial charge in [-0.15, -0.1) is 0 Å². The van der Waals surface area contributed by atoms with Crippen molar-refractivity contribution in [3.63, 3.8) is 0 Å². The number of aromatic nitrogens is 5. The van der Waals surface area contributed by atoms with Gasteiger partial charge in [0.05, 0.1) is 5.69 Å². The van der Waals surface area contributed by atoms with E-state index in [-0.39, 0.29) is 12.3 Å². The summed E-state index contributed by atoms with van der Waals surface area (Å²) in [6.07, 6.45) is 8.32. The maximum atomic E-state index is 13.3. The van der Waals surface area contributed by atoms with Crippen molar-refractivity contribution < 1.29 is 13.5 Å². The summed E-state index contributed by atoms with van der Waals surface area (Å²) in [7, 11) is 0. The molecule has 136 valence electrons. The normalized spacial score (nSPS) is 11.7. The predicted molar refractivity (Wildman–Crippen MR) is 94.4 cm³/mol. The second kappa shape index (κ2) is 6.71. The van der Waals surface area contributed by atoms with Crippen molar-refractivity contribution in [2.75, 3.05) is 0 Å². The minimum absolute atomic E-state index is 0.261. The standard InChI is InChI=1S/C19H15F2N5O/c1-19(20,21)16-6-5-13(8-23-16)14-9-24-18-25-15(11-26(18)10-14)12-27-17-4-2-3-7-22-17/h2-11H,12H2,1H3. The molecule has 4 heterocycles. The highest BCUT2D eigenvalue weighted by atomic mass is 19.3. The third-order valence-corrected chi connectivity index (χ3v) is 3.91. The second-order valence-electron chi connectivity index (χ2n) is 6.06. The molecule has 0 aliphatic carbocycles. The molecule has 27 heavy (non-hydrogen) atoms. The first-order valence-corrected chi connectivity index (χ1v) is 8.21. The number of ether oxygens (including phenoxy) is 1. The monoisotopic (exact) mass is 367 g/mol. The van der Waals surface area contributed by atoms with E-state index < -0.39 is 5.92 Å². The van der Waals surface area contributed by atoms with Crippen LogP contribution in [0.3, 0.4) is 0 Å². The van der Waals surface area contributed by atoms with E-state index in [0.29, 0.717) is 22.9 Å². The van der Waals surface area contributed by atoms with Gasteiger partial charge in [0, 0.05) is 55.1 Å². The molecule has 0 saturated carbocycles. The Balaban J connectivity index is 1.55. The maximum absolute atomic E-state index is 13.3. The lowest BCUT2D eigenvalue weighted by Gasteiger charge is -2.09. The smallest absolute Gasteiger partial charge is 0.286 e. The van der Waals surface area contributed by atoms with Gasteiger partial charge in [-0.2, -0.15) is 8.78 Å². The van der Waals surface area contributed by atoms with Crippen LogP contribution >= 0.6 is 0 Å². The molecule has 0 aliphatic heterocycles. The number of fused-ring (bicyclic) bond motifs is 1. The molecule has 8 heteroatoms. The van der Waals surface area contributed by atoms with Gasteiger partial charge in [0.1, 0.15) is 12.3 Å². The van der Waals surface area contributed by atoms with Gasteiger partial charge in [-0.25, -0.2) is 15.0 Å². The third kappa shape index (κ3) is 3.74.